The Morgan fingerprint density at radius 3 is 2.45 bits per heavy atom. The third-order valence-electron chi connectivity index (χ3n) is 3.86. The van der Waals surface area contributed by atoms with Crippen molar-refractivity contribution >= 4 is 11.4 Å². The van der Waals surface area contributed by atoms with E-state index in [1.54, 1.807) is 0 Å². The van der Waals surface area contributed by atoms with Gasteiger partial charge in [0.1, 0.15) is 11.5 Å². The van der Waals surface area contributed by atoms with Gasteiger partial charge < -0.3 is 15.8 Å². The van der Waals surface area contributed by atoms with Gasteiger partial charge in [-0.3, -0.25) is 0 Å². The van der Waals surface area contributed by atoms with Crippen molar-refractivity contribution in [3.8, 4) is 11.5 Å². The molecule has 3 nitrogen and oxygen atoms in total. The van der Waals surface area contributed by atoms with Crippen LogP contribution in [0.1, 0.15) is 33.1 Å². The van der Waals surface area contributed by atoms with Gasteiger partial charge in [0.05, 0.1) is 11.4 Å². The summed E-state index contributed by atoms with van der Waals surface area (Å²) in [5.41, 5.74) is 7.84. The second kappa shape index (κ2) is 8.32. The van der Waals surface area contributed by atoms with Crippen LogP contribution in [0.3, 0.4) is 0 Å². The first-order chi connectivity index (χ1) is 10.7. The summed E-state index contributed by atoms with van der Waals surface area (Å²) in [7, 11) is 0. The minimum atomic E-state index is 0.699. The van der Waals surface area contributed by atoms with Crippen LogP contribution in [0.5, 0.6) is 11.5 Å². The molecule has 2 rings (SSSR count). The molecule has 0 radical (unpaired) electrons. The molecule has 0 saturated carbocycles. The van der Waals surface area contributed by atoms with Gasteiger partial charge in [-0.2, -0.15) is 0 Å². The SMILES string of the molecule is CCCC(CC)CNc1ccc(Oc2ccccc2)cc1N. The Balaban J connectivity index is 1.97. The molecule has 0 aliphatic heterocycles. The number of para-hydroxylation sites is 1. The Bertz CT molecular complexity index is 569. The number of rotatable bonds is 8. The van der Waals surface area contributed by atoms with Gasteiger partial charge in [0, 0.05) is 12.6 Å². The van der Waals surface area contributed by atoms with E-state index in [0.29, 0.717) is 5.92 Å². The predicted octanol–water partition coefficient (Wildman–Crippen LogP) is 5.30. The van der Waals surface area contributed by atoms with E-state index in [1.807, 2.05) is 48.5 Å². The standard InChI is InChI=1S/C19H26N2O/c1-3-8-15(4-2)14-21-19-12-11-17(13-18(19)20)22-16-9-6-5-7-10-16/h5-7,9-13,15,21H,3-4,8,14,20H2,1-2H3. The van der Waals surface area contributed by atoms with Gasteiger partial charge in [0.25, 0.3) is 0 Å². The van der Waals surface area contributed by atoms with Gasteiger partial charge in [-0.15, -0.1) is 0 Å². The average molecular weight is 298 g/mol. The molecule has 3 heteroatoms. The lowest BCUT2D eigenvalue weighted by atomic mass is 10.0. The van der Waals surface area contributed by atoms with Crippen molar-refractivity contribution < 1.29 is 4.74 Å². The molecule has 0 amide bonds. The minimum Gasteiger partial charge on any atom is -0.457 e. The number of nitrogens with two attached hydrogens (primary N) is 1. The maximum Gasteiger partial charge on any atom is 0.129 e. The third-order valence-corrected chi connectivity index (χ3v) is 3.86. The lowest BCUT2D eigenvalue weighted by molar-refractivity contribution is 0.482. The average Bonchev–Trinajstić information content (AvgIpc) is 2.54. The number of benzene rings is 2. The van der Waals surface area contributed by atoms with E-state index in [9.17, 15) is 0 Å². The molecule has 22 heavy (non-hydrogen) atoms. The van der Waals surface area contributed by atoms with Crippen LogP contribution in [-0.2, 0) is 0 Å². The number of anilines is 2. The van der Waals surface area contributed by atoms with Crippen LogP contribution in [0.4, 0.5) is 11.4 Å². The summed E-state index contributed by atoms with van der Waals surface area (Å²) >= 11 is 0. The van der Waals surface area contributed by atoms with Crippen molar-refractivity contribution in [1.29, 1.82) is 0 Å². The zero-order valence-electron chi connectivity index (χ0n) is 13.5. The summed E-state index contributed by atoms with van der Waals surface area (Å²) in [6.07, 6.45) is 3.66. The fraction of sp³-hybridized carbons (Fsp3) is 0.368. The lowest BCUT2D eigenvalue weighted by Gasteiger charge is -2.17. The summed E-state index contributed by atoms with van der Waals surface area (Å²) < 4.78 is 5.79. The van der Waals surface area contributed by atoms with Crippen molar-refractivity contribution in [1.82, 2.24) is 0 Å². The van der Waals surface area contributed by atoms with Crippen LogP contribution in [-0.4, -0.2) is 6.54 Å². The van der Waals surface area contributed by atoms with Crippen molar-refractivity contribution in [2.45, 2.75) is 33.1 Å². The van der Waals surface area contributed by atoms with Gasteiger partial charge in [-0.1, -0.05) is 44.9 Å². The molecular weight excluding hydrogens is 272 g/mol. The summed E-state index contributed by atoms with van der Waals surface area (Å²) in [5.74, 6) is 2.27. The highest BCUT2D eigenvalue weighted by molar-refractivity contribution is 5.68. The van der Waals surface area contributed by atoms with Crippen LogP contribution < -0.4 is 15.8 Å². The molecule has 0 aliphatic carbocycles. The highest BCUT2D eigenvalue weighted by Crippen LogP contribution is 2.28. The van der Waals surface area contributed by atoms with Crippen molar-refractivity contribution in [2.24, 2.45) is 5.92 Å². The lowest BCUT2D eigenvalue weighted by Crippen LogP contribution is -2.14. The quantitative estimate of drug-likeness (QED) is 0.650. The van der Waals surface area contributed by atoms with E-state index in [0.717, 1.165) is 29.4 Å². The van der Waals surface area contributed by atoms with E-state index < -0.39 is 0 Å². The third kappa shape index (κ3) is 4.69. The van der Waals surface area contributed by atoms with Crippen LogP contribution in [0.25, 0.3) is 0 Å². The molecule has 0 heterocycles. The maximum absolute atomic E-state index is 6.13. The summed E-state index contributed by atoms with van der Waals surface area (Å²) in [6, 6.07) is 15.5. The first-order valence-electron chi connectivity index (χ1n) is 8.09. The number of hydrogen-bond donors (Lipinski definition) is 2. The Morgan fingerprint density at radius 2 is 1.82 bits per heavy atom. The molecule has 0 fully saturated rings. The fourth-order valence-corrected chi connectivity index (χ4v) is 2.50. The van der Waals surface area contributed by atoms with E-state index in [4.69, 9.17) is 10.5 Å². The molecule has 118 valence electrons. The Kier molecular flexibility index (Phi) is 6.13. The molecular formula is C19H26N2O. The second-order valence-electron chi connectivity index (χ2n) is 5.61. The van der Waals surface area contributed by atoms with Crippen LogP contribution >= 0.6 is 0 Å². The zero-order chi connectivity index (χ0) is 15.8. The molecule has 0 aliphatic rings. The largest absolute Gasteiger partial charge is 0.457 e. The molecule has 1 atom stereocenters. The van der Waals surface area contributed by atoms with E-state index in [2.05, 4.69) is 19.2 Å². The molecule has 1 unspecified atom stereocenters. The van der Waals surface area contributed by atoms with E-state index in [1.165, 1.54) is 19.3 Å². The maximum atomic E-state index is 6.13. The molecule has 0 bridgehead atoms. The topological polar surface area (TPSA) is 47.3 Å². The normalized spacial score (nSPS) is 11.9. The molecule has 0 spiro atoms. The van der Waals surface area contributed by atoms with Crippen molar-refractivity contribution in [3.05, 3.63) is 48.5 Å². The fourth-order valence-electron chi connectivity index (χ4n) is 2.50. The number of nitrogens with one attached hydrogen (secondary N) is 1. The van der Waals surface area contributed by atoms with E-state index in [-0.39, 0.29) is 0 Å². The number of hydrogen-bond acceptors (Lipinski definition) is 3. The summed E-state index contributed by atoms with van der Waals surface area (Å²) in [5, 5.41) is 3.46. The minimum absolute atomic E-state index is 0.699. The van der Waals surface area contributed by atoms with Crippen LogP contribution in [0.2, 0.25) is 0 Å². The molecule has 0 aromatic heterocycles. The van der Waals surface area contributed by atoms with Crippen LogP contribution in [0, 0.1) is 5.92 Å². The highest BCUT2D eigenvalue weighted by atomic mass is 16.5. The smallest absolute Gasteiger partial charge is 0.129 e. The summed E-state index contributed by atoms with van der Waals surface area (Å²) in [6.45, 7) is 5.43. The monoisotopic (exact) mass is 298 g/mol. The Labute approximate surface area is 133 Å². The zero-order valence-corrected chi connectivity index (χ0v) is 13.5. The van der Waals surface area contributed by atoms with Crippen molar-refractivity contribution in [2.75, 3.05) is 17.6 Å². The molecule has 3 N–H and O–H groups in total. The number of ether oxygens (including phenoxy) is 1. The summed E-state index contributed by atoms with van der Waals surface area (Å²) in [4.78, 5) is 0. The van der Waals surface area contributed by atoms with E-state index >= 15 is 0 Å². The first kappa shape index (κ1) is 16.2. The number of nitrogen functional groups attached to an aromatic ring is 1. The van der Waals surface area contributed by atoms with Gasteiger partial charge in [-0.25, -0.2) is 0 Å². The first-order valence-corrected chi connectivity index (χ1v) is 8.09. The molecule has 0 saturated heterocycles. The van der Waals surface area contributed by atoms with Crippen molar-refractivity contribution in [3.63, 3.8) is 0 Å². The predicted molar refractivity (Wildman–Crippen MR) is 94.5 cm³/mol. The highest BCUT2D eigenvalue weighted by Gasteiger charge is 2.07. The molecule has 2 aromatic rings. The van der Waals surface area contributed by atoms with Gasteiger partial charge in [-0.05, 0) is 36.6 Å². The Morgan fingerprint density at radius 1 is 1.05 bits per heavy atom. The molecule has 2 aromatic carbocycles. The Hall–Kier alpha value is -2.16. The van der Waals surface area contributed by atoms with Gasteiger partial charge in [0.2, 0.25) is 0 Å². The van der Waals surface area contributed by atoms with Gasteiger partial charge in [0.15, 0.2) is 0 Å². The second-order valence-corrected chi connectivity index (χ2v) is 5.61. The van der Waals surface area contributed by atoms with Gasteiger partial charge >= 0.3 is 0 Å². The van der Waals surface area contributed by atoms with Crippen LogP contribution in [0.15, 0.2) is 48.5 Å².